The van der Waals surface area contributed by atoms with Gasteiger partial charge < -0.3 is 9.47 Å². The van der Waals surface area contributed by atoms with Crippen LogP contribution in [0.4, 0.5) is 4.39 Å². The van der Waals surface area contributed by atoms with Gasteiger partial charge in [0.25, 0.3) is 0 Å². The summed E-state index contributed by atoms with van der Waals surface area (Å²) in [5.41, 5.74) is -3.37. The summed E-state index contributed by atoms with van der Waals surface area (Å²) in [5, 5.41) is 37.7. The second kappa shape index (κ2) is 4.77. The molecule has 6 nitrogen and oxygen atoms in total. The molecule has 1 aromatic rings. The summed E-state index contributed by atoms with van der Waals surface area (Å²) in [6.07, 6.45) is -1.09. The molecule has 1 aromatic carbocycles. The summed E-state index contributed by atoms with van der Waals surface area (Å²) in [6, 6.07) is 11.1. The van der Waals surface area contributed by atoms with Gasteiger partial charge in [-0.1, -0.05) is 19.1 Å². The van der Waals surface area contributed by atoms with Crippen molar-refractivity contribution in [1.29, 1.82) is 21.2 Å². The summed E-state index contributed by atoms with van der Waals surface area (Å²) in [7, 11) is 0. The van der Waals surface area contributed by atoms with Crippen molar-refractivity contribution in [2.75, 3.05) is 0 Å². The van der Waals surface area contributed by atoms with Crippen LogP contribution in [0.2, 0.25) is 0 Å². The van der Waals surface area contributed by atoms with Crippen molar-refractivity contribution < 1.29 is 13.9 Å². The summed E-state index contributed by atoms with van der Waals surface area (Å²) < 4.78 is 24.6. The van der Waals surface area contributed by atoms with Crippen LogP contribution in [-0.2, 0) is 9.47 Å². The lowest BCUT2D eigenvalue weighted by molar-refractivity contribution is -0.338. The lowest BCUT2D eigenvalue weighted by Gasteiger charge is -2.60. The van der Waals surface area contributed by atoms with Crippen molar-refractivity contribution in [3.63, 3.8) is 0 Å². The zero-order valence-electron chi connectivity index (χ0n) is 13.0. The van der Waals surface area contributed by atoms with Crippen LogP contribution in [-0.4, -0.2) is 11.7 Å². The minimum absolute atomic E-state index is 0.402. The van der Waals surface area contributed by atoms with Crippen molar-refractivity contribution in [2.45, 2.75) is 25.7 Å². The van der Waals surface area contributed by atoms with Gasteiger partial charge in [-0.25, -0.2) is 4.39 Å². The third kappa shape index (κ3) is 1.56. The lowest BCUT2D eigenvalue weighted by Crippen LogP contribution is -2.71. The molecule has 2 bridgehead atoms. The zero-order valence-corrected chi connectivity index (χ0v) is 13.0. The van der Waals surface area contributed by atoms with Crippen LogP contribution < -0.4 is 0 Å². The highest BCUT2D eigenvalue weighted by Crippen LogP contribution is 2.66. The quantitative estimate of drug-likeness (QED) is 0.853. The number of ether oxygens (including phenoxy) is 2. The van der Waals surface area contributed by atoms with E-state index in [0.29, 0.717) is 5.56 Å². The highest BCUT2D eigenvalue weighted by molar-refractivity contribution is 5.88. The van der Waals surface area contributed by atoms with Gasteiger partial charge in [0.2, 0.25) is 11.7 Å². The van der Waals surface area contributed by atoms with Crippen molar-refractivity contribution in [2.24, 2.45) is 16.7 Å². The molecule has 1 N–H and O–H groups in total. The number of hydrogen-bond acceptors (Lipinski definition) is 6. The molecule has 7 heteroatoms. The molecule has 0 radical (unpaired) electrons. The predicted molar refractivity (Wildman–Crippen MR) is 78.3 cm³/mol. The van der Waals surface area contributed by atoms with E-state index in [9.17, 15) is 20.2 Å². The second-order valence-corrected chi connectivity index (χ2v) is 6.17. The fourth-order valence-electron chi connectivity index (χ4n) is 3.61. The van der Waals surface area contributed by atoms with E-state index in [2.05, 4.69) is 0 Å². The van der Waals surface area contributed by atoms with E-state index in [1.807, 2.05) is 18.2 Å². The van der Waals surface area contributed by atoms with Crippen LogP contribution in [0.1, 0.15) is 25.5 Å². The number of benzene rings is 1. The molecule has 3 saturated heterocycles. The minimum Gasteiger partial charge on any atom is -0.448 e. The summed E-state index contributed by atoms with van der Waals surface area (Å²) >= 11 is 0. The molecule has 24 heavy (non-hydrogen) atoms. The van der Waals surface area contributed by atoms with E-state index in [0.717, 1.165) is 0 Å². The molecular formula is C17H13FN4O2. The normalized spacial score (nSPS) is 36.1. The van der Waals surface area contributed by atoms with Gasteiger partial charge in [0.15, 0.2) is 10.8 Å². The fourth-order valence-corrected chi connectivity index (χ4v) is 3.61. The first-order chi connectivity index (χ1) is 11.3. The number of hydrogen-bond donors (Lipinski definition) is 1. The van der Waals surface area contributed by atoms with Gasteiger partial charge >= 0.3 is 0 Å². The van der Waals surface area contributed by atoms with Crippen molar-refractivity contribution >= 4 is 5.90 Å². The zero-order chi connectivity index (χ0) is 17.8. The van der Waals surface area contributed by atoms with Gasteiger partial charge in [0.1, 0.15) is 11.9 Å². The lowest BCUT2D eigenvalue weighted by atomic mass is 9.51. The molecule has 0 amide bonds. The third-order valence-corrected chi connectivity index (χ3v) is 5.17. The third-order valence-electron chi connectivity index (χ3n) is 5.17. The standard InChI is InChI=1S/C17H13FN4O2/c1-10-15(2)23-13(11-3-5-12(18)6-4-11)17(9-21,14(22)24-15)16(10,7-19)8-20/h3-6,10,13,22H,1-2H3/t10-,13+,15+,17-/m0/s1. The molecular weight excluding hydrogens is 311 g/mol. The molecule has 3 aliphatic rings. The van der Waals surface area contributed by atoms with E-state index in [1.165, 1.54) is 31.2 Å². The number of rotatable bonds is 1. The molecule has 4 atom stereocenters. The first kappa shape index (κ1) is 15.9. The summed E-state index contributed by atoms with van der Waals surface area (Å²) in [5.74, 6) is -3.14. The van der Waals surface area contributed by atoms with Crippen LogP contribution in [0, 0.1) is 62.0 Å². The maximum atomic E-state index is 13.2. The van der Waals surface area contributed by atoms with Gasteiger partial charge in [-0.3, -0.25) is 5.41 Å². The van der Waals surface area contributed by atoms with E-state index >= 15 is 0 Å². The average Bonchev–Trinajstić information content (AvgIpc) is 2.57. The first-order valence-corrected chi connectivity index (χ1v) is 7.26. The average molecular weight is 324 g/mol. The molecule has 0 spiro atoms. The first-order valence-electron chi connectivity index (χ1n) is 7.26. The molecule has 3 heterocycles. The number of halogens is 1. The van der Waals surface area contributed by atoms with E-state index in [4.69, 9.17) is 14.9 Å². The number of nitrogens with one attached hydrogen (secondary N) is 1. The molecule has 0 aromatic heterocycles. The van der Waals surface area contributed by atoms with Crippen LogP contribution in [0.3, 0.4) is 0 Å². The van der Waals surface area contributed by atoms with E-state index in [1.54, 1.807) is 6.92 Å². The summed E-state index contributed by atoms with van der Waals surface area (Å²) in [4.78, 5) is 0. The Bertz CT molecular complexity index is 833. The SMILES string of the molecule is C[C@@H]1C(C#N)(C#N)[C@]2(C#N)C(=N)O[C@@]1(C)O[C@@H]2c1ccc(F)cc1. The van der Waals surface area contributed by atoms with Crippen molar-refractivity contribution in [3.8, 4) is 18.2 Å². The maximum absolute atomic E-state index is 13.2. The number of fused-ring (bicyclic) bond motifs is 3. The number of nitrogens with zero attached hydrogens (tertiary/aromatic N) is 3. The maximum Gasteiger partial charge on any atom is 0.215 e. The van der Waals surface area contributed by atoms with Gasteiger partial charge in [-0.05, 0) is 17.7 Å². The van der Waals surface area contributed by atoms with E-state index in [-0.39, 0.29) is 0 Å². The Hall–Kier alpha value is -2.95. The van der Waals surface area contributed by atoms with Gasteiger partial charge in [-0.15, -0.1) is 0 Å². The summed E-state index contributed by atoms with van der Waals surface area (Å²) in [6.45, 7) is 3.12. The Morgan fingerprint density at radius 2 is 1.71 bits per heavy atom. The monoisotopic (exact) mass is 324 g/mol. The van der Waals surface area contributed by atoms with Gasteiger partial charge in [0.05, 0.1) is 24.1 Å². The number of nitriles is 3. The Morgan fingerprint density at radius 1 is 1.12 bits per heavy atom. The highest BCUT2D eigenvalue weighted by atomic mass is 19.1. The molecule has 3 aliphatic heterocycles. The van der Waals surface area contributed by atoms with Gasteiger partial charge in [0, 0.05) is 6.92 Å². The Kier molecular flexibility index (Phi) is 3.17. The van der Waals surface area contributed by atoms with Gasteiger partial charge in [-0.2, -0.15) is 15.8 Å². The Balaban J connectivity index is 2.32. The van der Waals surface area contributed by atoms with Crippen LogP contribution in [0.5, 0.6) is 0 Å². The molecule has 0 aliphatic carbocycles. The molecule has 0 saturated carbocycles. The van der Waals surface area contributed by atoms with E-state index < -0.39 is 40.4 Å². The smallest absolute Gasteiger partial charge is 0.215 e. The highest BCUT2D eigenvalue weighted by Gasteiger charge is 2.77. The molecule has 3 fully saturated rings. The van der Waals surface area contributed by atoms with Crippen LogP contribution in [0.25, 0.3) is 0 Å². The fraction of sp³-hybridized carbons (Fsp3) is 0.412. The second-order valence-electron chi connectivity index (χ2n) is 6.17. The molecule has 0 unspecified atom stereocenters. The Labute approximate surface area is 138 Å². The van der Waals surface area contributed by atoms with Crippen LogP contribution >= 0.6 is 0 Å². The van der Waals surface area contributed by atoms with Crippen LogP contribution in [0.15, 0.2) is 24.3 Å². The Morgan fingerprint density at radius 3 is 2.21 bits per heavy atom. The van der Waals surface area contributed by atoms with Crippen molar-refractivity contribution in [3.05, 3.63) is 35.6 Å². The largest absolute Gasteiger partial charge is 0.448 e. The molecule has 4 rings (SSSR count). The predicted octanol–water partition coefficient (Wildman–Crippen LogP) is 2.80. The minimum atomic E-state index is -1.94. The van der Waals surface area contributed by atoms with Crippen molar-refractivity contribution in [1.82, 2.24) is 0 Å². The topological polar surface area (TPSA) is 114 Å². The molecule has 120 valence electrons.